The van der Waals surface area contributed by atoms with E-state index in [-0.39, 0.29) is 12.1 Å². The van der Waals surface area contributed by atoms with Crippen LogP contribution in [0.3, 0.4) is 0 Å². The van der Waals surface area contributed by atoms with E-state index >= 15 is 0 Å². The number of aliphatic hydroxyl groups is 1. The number of hydrogen-bond donors (Lipinski definition) is 2. The van der Waals surface area contributed by atoms with Gasteiger partial charge in [0.25, 0.3) is 0 Å². The third kappa shape index (κ3) is 3.46. The van der Waals surface area contributed by atoms with Crippen LogP contribution in [0.1, 0.15) is 58.8 Å². The highest BCUT2D eigenvalue weighted by Gasteiger charge is 2.36. The second kappa shape index (κ2) is 5.48. The smallest absolute Gasteiger partial charge is 0.0611 e. The molecule has 2 rings (SSSR count). The standard InChI is InChI=1S/C15H30N2O/c1-14(2)6-4-9-17(10-8-14)13-5-3-7-15(16,11-13)12-18/h13,18H,3-12,16H2,1-2H3. The third-order valence-electron chi connectivity index (χ3n) is 5.06. The van der Waals surface area contributed by atoms with Crippen molar-refractivity contribution < 1.29 is 5.11 Å². The number of hydrogen-bond acceptors (Lipinski definition) is 3. The molecule has 0 amide bonds. The lowest BCUT2D eigenvalue weighted by Gasteiger charge is -2.42. The number of rotatable bonds is 2. The summed E-state index contributed by atoms with van der Waals surface area (Å²) in [7, 11) is 0. The van der Waals surface area contributed by atoms with Crippen molar-refractivity contribution in [3.8, 4) is 0 Å². The molecule has 106 valence electrons. The molecule has 2 fully saturated rings. The minimum absolute atomic E-state index is 0.142. The Balaban J connectivity index is 1.95. The van der Waals surface area contributed by atoms with E-state index in [9.17, 15) is 5.11 Å². The van der Waals surface area contributed by atoms with Crippen molar-refractivity contribution >= 4 is 0 Å². The summed E-state index contributed by atoms with van der Waals surface area (Å²) < 4.78 is 0. The van der Waals surface area contributed by atoms with Crippen molar-refractivity contribution in [3.63, 3.8) is 0 Å². The van der Waals surface area contributed by atoms with E-state index < -0.39 is 0 Å². The summed E-state index contributed by atoms with van der Waals surface area (Å²) in [6.45, 7) is 7.34. The average Bonchev–Trinajstić information content (AvgIpc) is 2.50. The lowest BCUT2D eigenvalue weighted by atomic mass is 9.79. The first-order valence-corrected chi connectivity index (χ1v) is 7.58. The number of likely N-dealkylation sites (tertiary alicyclic amines) is 1. The van der Waals surface area contributed by atoms with Crippen LogP contribution in [-0.2, 0) is 0 Å². The summed E-state index contributed by atoms with van der Waals surface area (Å²) in [5.41, 5.74) is 6.46. The van der Waals surface area contributed by atoms with E-state index in [4.69, 9.17) is 5.73 Å². The summed E-state index contributed by atoms with van der Waals surface area (Å²) in [6, 6.07) is 0.602. The van der Waals surface area contributed by atoms with Crippen molar-refractivity contribution in [2.45, 2.75) is 70.4 Å². The molecule has 18 heavy (non-hydrogen) atoms. The maximum atomic E-state index is 9.46. The van der Waals surface area contributed by atoms with Crippen molar-refractivity contribution in [1.82, 2.24) is 4.90 Å². The van der Waals surface area contributed by atoms with E-state index in [0.29, 0.717) is 11.5 Å². The molecule has 2 atom stereocenters. The Labute approximate surface area is 112 Å². The van der Waals surface area contributed by atoms with E-state index in [1.165, 1.54) is 45.2 Å². The molecule has 1 aliphatic carbocycles. The molecule has 0 aromatic rings. The van der Waals surface area contributed by atoms with E-state index in [0.717, 1.165) is 12.8 Å². The first-order valence-electron chi connectivity index (χ1n) is 7.58. The Morgan fingerprint density at radius 3 is 2.67 bits per heavy atom. The van der Waals surface area contributed by atoms with Gasteiger partial charge in [0.05, 0.1) is 6.61 Å². The Kier molecular flexibility index (Phi) is 4.35. The first kappa shape index (κ1) is 14.3. The summed E-state index contributed by atoms with van der Waals surface area (Å²) in [4.78, 5) is 2.64. The van der Waals surface area contributed by atoms with Crippen LogP contribution in [0.15, 0.2) is 0 Å². The highest BCUT2D eigenvalue weighted by Crippen LogP contribution is 2.34. The van der Waals surface area contributed by atoms with Gasteiger partial charge in [-0.1, -0.05) is 13.8 Å². The second-order valence-corrected chi connectivity index (χ2v) is 7.32. The molecule has 0 aromatic carbocycles. The topological polar surface area (TPSA) is 49.5 Å². The van der Waals surface area contributed by atoms with Crippen LogP contribution in [0.5, 0.6) is 0 Å². The van der Waals surface area contributed by atoms with Crippen LogP contribution < -0.4 is 5.73 Å². The molecule has 0 aromatic heterocycles. The number of nitrogens with zero attached hydrogens (tertiary/aromatic N) is 1. The zero-order valence-electron chi connectivity index (χ0n) is 12.1. The van der Waals surface area contributed by atoms with Gasteiger partial charge in [-0.2, -0.15) is 0 Å². The molecular weight excluding hydrogens is 224 g/mol. The summed E-state index contributed by atoms with van der Waals surface area (Å²) >= 11 is 0. The molecule has 3 nitrogen and oxygen atoms in total. The fourth-order valence-corrected chi connectivity index (χ4v) is 3.63. The second-order valence-electron chi connectivity index (χ2n) is 7.32. The molecule has 0 bridgehead atoms. The molecule has 1 aliphatic heterocycles. The van der Waals surface area contributed by atoms with Crippen LogP contribution in [0.2, 0.25) is 0 Å². The summed E-state index contributed by atoms with van der Waals surface area (Å²) in [5.74, 6) is 0. The Morgan fingerprint density at radius 2 is 1.94 bits per heavy atom. The van der Waals surface area contributed by atoms with Gasteiger partial charge in [-0.3, -0.25) is 0 Å². The molecule has 2 unspecified atom stereocenters. The first-order chi connectivity index (χ1) is 8.44. The minimum atomic E-state index is -0.315. The normalized spacial score (nSPS) is 38.3. The monoisotopic (exact) mass is 254 g/mol. The lowest BCUT2D eigenvalue weighted by Crippen LogP contribution is -2.53. The molecule has 1 saturated heterocycles. The molecule has 1 heterocycles. The van der Waals surface area contributed by atoms with Gasteiger partial charge >= 0.3 is 0 Å². The fourth-order valence-electron chi connectivity index (χ4n) is 3.63. The average molecular weight is 254 g/mol. The summed E-state index contributed by atoms with van der Waals surface area (Å²) in [6.07, 6.45) is 8.33. The van der Waals surface area contributed by atoms with Crippen molar-refractivity contribution in [2.75, 3.05) is 19.7 Å². The quantitative estimate of drug-likeness (QED) is 0.793. The molecule has 0 spiro atoms. The predicted molar refractivity (Wildman–Crippen MR) is 75.5 cm³/mol. The van der Waals surface area contributed by atoms with Crippen molar-refractivity contribution in [1.29, 1.82) is 0 Å². The Bertz CT molecular complexity index is 280. The van der Waals surface area contributed by atoms with Crippen LogP contribution in [-0.4, -0.2) is 41.3 Å². The van der Waals surface area contributed by atoms with Crippen LogP contribution in [0, 0.1) is 5.41 Å². The molecule has 0 radical (unpaired) electrons. The maximum Gasteiger partial charge on any atom is 0.0611 e. The van der Waals surface area contributed by atoms with Gasteiger partial charge < -0.3 is 15.7 Å². The van der Waals surface area contributed by atoms with E-state index in [1.54, 1.807) is 0 Å². The minimum Gasteiger partial charge on any atom is -0.394 e. The molecule has 2 aliphatic rings. The van der Waals surface area contributed by atoms with Gasteiger partial charge in [0.2, 0.25) is 0 Å². The van der Waals surface area contributed by atoms with Gasteiger partial charge in [0.1, 0.15) is 0 Å². The van der Waals surface area contributed by atoms with Crippen molar-refractivity contribution in [2.24, 2.45) is 11.1 Å². The number of aliphatic hydroxyl groups excluding tert-OH is 1. The summed E-state index contributed by atoms with van der Waals surface area (Å²) in [5, 5.41) is 9.46. The SMILES string of the molecule is CC1(C)CCCN(C2CCCC(N)(CO)C2)CC1. The Hall–Kier alpha value is -0.120. The predicted octanol–water partition coefficient (Wildman–Crippen LogP) is 2.13. The van der Waals surface area contributed by atoms with Gasteiger partial charge in [0.15, 0.2) is 0 Å². The molecule has 3 N–H and O–H groups in total. The zero-order valence-corrected chi connectivity index (χ0v) is 12.1. The zero-order chi connectivity index (χ0) is 13.2. The van der Waals surface area contributed by atoms with Gasteiger partial charge in [-0.05, 0) is 63.5 Å². The van der Waals surface area contributed by atoms with Crippen LogP contribution in [0.25, 0.3) is 0 Å². The lowest BCUT2D eigenvalue weighted by molar-refractivity contribution is 0.0812. The fraction of sp³-hybridized carbons (Fsp3) is 1.00. The maximum absolute atomic E-state index is 9.46. The largest absolute Gasteiger partial charge is 0.394 e. The number of nitrogens with two attached hydrogens (primary N) is 1. The van der Waals surface area contributed by atoms with E-state index in [2.05, 4.69) is 18.7 Å². The highest BCUT2D eigenvalue weighted by molar-refractivity contribution is 4.94. The third-order valence-corrected chi connectivity index (χ3v) is 5.06. The highest BCUT2D eigenvalue weighted by atomic mass is 16.3. The van der Waals surface area contributed by atoms with Crippen LogP contribution >= 0.6 is 0 Å². The van der Waals surface area contributed by atoms with Gasteiger partial charge in [-0.25, -0.2) is 0 Å². The van der Waals surface area contributed by atoms with E-state index in [1.807, 2.05) is 0 Å². The van der Waals surface area contributed by atoms with Crippen LogP contribution in [0.4, 0.5) is 0 Å². The van der Waals surface area contributed by atoms with Crippen molar-refractivity contribution in [3.05, 3.63) is 0 Å². The Morgan fingerprint density at radius 1 is 1.17 bits per heavy atom. The molecule has 3 heteroatoms. The molecule has 1 saturated carbocycles. The molecular formula is C15H30N2O. The van der Waals surface area contributed by atoms with Gasteiger partial charge in [0, 0.05) is 11.6 Å². The van der Waals surface area contributed by atoms with Gasteiger partial charge in [-0.15, -0.1) is 0 Å².